The highest BCUT2D eigenvalue weighted by atomic mass is 79.9. The van der Waals surface area contributed by atoms with Crippen LogP contribution in [0.1, 0.15) is 50.3 Å². The van der Waals surface area contributed by atoms with E-state index < -0.39 is 0 Å². The molecule has 1 aliphatic carbocycles. The van der Waals surface area contributed by atoms with E-state index >= 15 is 0 Å². The molecule has 0 aliphatic heterocycles. The molecule has 5 nitrogen and oxygen atoms in total. The Morgan fingerprint density at radius 1 is 1.36 bits per heavy atom. The van der Waals surface area contributed by atoms with Gasteiger partial charge in [-0.2, -0.15) is 0 Å². The molecular weight excluding hydrogens is 384 g/mol. The summed E-state index contributed by atoms with van der Waals surface area (Å²) in [5.74, 6) is 1.13. The minimum atomic E-state index is -0.0502. The van der Waals surface area contributed by atoms with E-state index in [4.69, 9.17) is 4.74 Å². The van der Waals surface area contributed by atoms with Gasteiger partial charge in [-0.25, -0.2) is 0 Å². The van der Waals surface area contributed by atoms with Crippen LogP contribution in [0.2, 0.25) is 0 Å². The van der Waals surface area contributed by atoms with E-state index in [-0.39, 0.29) is 12.6 Å². The van der Waals surface area contributed by atoms with Crippen LogP contribution in [-0.4, -0.2) is 35.8 Å². The van der Waals surface area contributed by atoms with Crippen molar-refractivity contribution < 1.29 is 14.6 Å². The summed E-state index contributed by atoms with van der Waals surface area (Å²) in [6.45, 7) is 4.23. The molecule has 1 heterocycles. The van der Waals surface area contributed by atoms with E-state index in [1.807, 2.05) is 13.0 Å². The number of nitrogens with zero attached hydrogens (tertiary/aromatic N) is 1. The second-order valence-electron chi connectivity index (χ2n) is 6.77. The lowest BCUT2D eigenvalue weighted by Crippen LogP contribution is -2.29. The van der Waals surface area contributed by atoms with Crippen molar-refractivity contribution in [3.05, 3.63) is 28.0 Å². The van der Waals surface area contributed by atoms with Crippen LogP contribution in [0.3, 0.4) is 0 Å². The molecular formula is C19H29BrN2O3. The van der Waals surface area contributed by atoms with E-state index in [0.717, 1.165) is 48.1 Å². The number of ether oxygens (including phenoxy) is 1. The Labute approximate surface area is 158 Å². The number of aliphatic hydroxyl groups is 1. The quantitative estimate of drug-likeness (QED) is 0.481. The van der Waals surface area contributed by atoms with Gasteiger partial charge in [-0.15, -0.1) is 0 Å². The fourth-order valence-electron chi connectivity index (χ4n) is 3.48. The van der Waals surface area contributed by atoms with Crippen LogP contribution in [0.15, 0.2) is 16.7 Å². The highest BCUT2D eigenvalue weighted by Crippen LogP contribution is 2.30. The number of esters is 1. The van der Waals surface area contributed by atoms with E-state index in [1.165, 1.54) is 12.8 Å². The monoisotopic (exact) mass is 412 g/mol. The first-order valence-electron chi connectivity index (χ1n) is 9.22. The van der Waals surface area contributed by atoms with Crippen molar-refractivity contribution in [2.24, 2.45) is 11.8 Å². The first-order valence-corrected chi connectivity index (χ1v) is 10.0. The minimum absolute atomic E-state index is 0.0201. The highest BCUT2D eigenvalue weighted by Gasteiger charge is 2.23. The van der Waals surface area contributed by atoms with Crippen molar-refractivity contribution in [3.63, 3.8) is 0 Å². The number of carbonyl (C=O) groups excluding carboxylic acids is 1. The number of nitrogens with one attached hydrogen (secondary N) is 1. The lowest BCUT2D eigenvalue weighted by molar-refractivity contribution is -0.144. The predicted molar refractivity (Wildman–Crippen MR) is 101 cm³/mol. The number of hydrogen-bond donors (Lipinski definition) is 2. The van der Waals surface area contributed by atoms with Crippen LogP contribution in [0, 0.1) is 11.8 Å². The maximum atomic E-state index is 11.6. The van der Waals surface area contributed by atoms with Crippen LogP contribution in [0.4, 0.5) is 0 Å². The van der Waals surface area contributed by atoms with Gasteiger partial charge in [0.25, 0.3) is 0 Å². The molecule has 1 saturated carbocycles. The Bertz CT molecular complexity index is 545. The largest absolute Gasteiger partial charge is 0.466 e. The molecule has 0 bridgehead atoms. The van der Waals surface area contributed by atoms with Crippen LogP contribution < -0.4 is 5.32 Å². The van der Waals surface area contributed by atoms with E-state index in [0.29, 0.717) is 24.9 Å². The Kier molecular flexibility index (Phi) is 8.85. The van der Waals surface area contributed by atoms with Crippen molar-refractivity contribution in [3.8, 4) is 0 Å². The summed E-state index contributed by atoms with van der Waals surface area (Å²) in [5.41, 5.74) is 1.84. The Balaban J connectivity index is 1.63. The second kappa shape index (κ2) is 10.9. The summed E-state index contributed by atoms with van der Waals surface area (Å²) in [6, 6.07) is 1.92. The number of aromatic nitrogens is 1. The fraction of sp³-hybridized carbons (Fsp3) is 0.684. The summed E-state index contributed by atoms with van der Waals surface area (Å²) in [5, 5.41) is 12.9. The van der Waals surface area contributed by atoms with Crippen molar-refractivity contribution in [1.82, 2.24) is 10.3 Å². The number of carbonyl (C=O) groups is 1. The zero-order valence-corrected chi connectivity index (χ0v) is 16.6. The van der Waals surface area contributed by atoms with E-state index in [9.17, 15) is 9.90 Å². The molecule has 1 aliphatic rings. The lowest BCUT2D eigenvalue weighted by atomic mass is 9.80. The zero-order valence-electron chi connectivity index (χ0n) is 15.0. The van der Waals surface area contributed by atoms with E-state index in [2.05, 4.69) is 26.2 Å². The van der Waals surface area contributed by atoms with Gasteiger partial charge >= 0.3 is 5.97 Å². The van der Waals surface area contributed by atoms with E-state index in [1.54, 1.807) is 6.20 Å². The molecule has 2 N–H and O–H groups in total. The molecule has 1 aromatic heterocycles. The molecule has 140 valence electrons. The molecule has 0 amide bonds. The molecule has 0 aromatic carbocycles. The molecule has 0 unspecified atom stereocenters. The minimum Gasteiger partial charge on any atom is -0.466 e. The SMILES string of the molecule is CCOC(=O)C[C@H]1CC[C@H](CNCCc2ncc(Br)cc2CO)CC1. The zero-order chi connectivity index (χ0) is 18.1. The molecule has 0 atom stereocenters. The summed E-state index contributed by atoms with van der Waals surface area (Å²) in [4.78, 5) is 15.9. The molecule has 25 heavy (non-hydrogen) atoms. The molecule has 0 radical (unpaired) electrons. The van der Waals surface area contributed by atoms with Gasteiger partial charge in [-0.3, -0.25) is 9.78 Å². The third-order valence-corrected chi connectivity index (χ3v) is 5.33. The van der Waals surface area contributed by atoms with Crippen molar-refractivity contribution in [2.75, 3.05) is 19.7 Å². The molecule has 0 saturated heterocycles. The summed E-state index contributed by atoms with van der Waals surface area (Å²) >= 11 is 3.38. The topological polar surface area (TPSA) is 71.5 Å². The highest BCUT2D eigenvalue weighted by molar-refractivity contribution is 9.10. The number of halogens is 1. The molecule has 0 spiro atoms. The van der Waals surface area contributed by atoms with Crippen molar-refractivity contribution in [1.29, 1.82) is 0 Å². The number of rotatable bonds is 9. The molecule has 1 aromatic rings. The number of hydrogen-bond acceptors (Lipinski definition) is 5. The van der Waals surface area contributed by atoms with Crippen molar-refractivity contribution in [2.45, 2.75) is 52.1 Å². The van der Waals surface area contributed by atoms with Crippen LogP contribution in [0.5, 0.6) is 0 Å². The maximum Gasteiger partial charge on any atom is 0.306 e. The smallest absolute Gasteiger partial charge is 0.306 e. The average Bonchev–Trinajstić information content (AvgIpc) is 2.61. The number of aliphatic hydroxyl groups excluding tert-OH is 1. The Morgan fingerprint density at radius 3 is 2.76 bits per heavy atom. The van der Waals surface area contributed by atoms with Gasteiger partial charge in [0.1, 0.15) is 0 Å². The Morgan fingerprint density at radius 2 is 2.08 bits per heavy atom. The van der Waals surface area contributed by atoms with Crippen LogP contribution in [0.25, 0.3) is 0 Å². The van der Waals surface area contributed by atoms with Gasteiger partial charge in [0, 0.05) is 41.3 Å². The van der Waals surface area contributed by atoms with Gasteiger partial charge in [-0.1, -0.05) is 0 Å². The van der Waals surface area contributed by atoms with Crippen molar-refractivity contribution >= 4 is 21.9 Å². The van der Waals surface area contributed by atoms with Crippen LogP contribution in [-0.2, 0) is 22.6 Å². The second-order valence-corrected chi connectivity index (χ2v) is 7.68. The summed E-state index contributed by atoms with van der Waals surface area (Å²) < 4.78 is 5.94. The summed E-state index contributed by atoms with van der Waals surface area (Å²) in [6.07, 6.45) is 7.76. The fourth-order valence-corrected chi connectivity index (χ4v) is 3.86. The van der Waals surface area contributed by atoms with Gasteiger partial charge in [0.2, 0.25) is 0 Å². The Hall–Kier alpha value is -0.980. The first-order chi connectivity index (χ1) is 12.1. The summed E-state index contributed by atoms with van der Waals surface area (Å²) in [7, 11) is 0. The van der Waals surface area contributed by atoms with Gasteiger partial charge in [0.05, 0.1) is 13.2 Å². The number of pyridine rings is 1. The van der Waals surface area contributed by atoms with Gasteiger partial charge in [-0.05, 0) is 73.0 Å². The predicted octanol–water partition coefficient (Wildman–Crippen LogP) is 3.23. The third kappa shape index (κ3) is 7.04. The molecule has 2 rings (SSSR count). The van der Waals surface area contributed by atoms with Crippen LogP contribution >= 0.6 is 15.9 Å². The molecule has 6 heteroatoms. The first kappa shape index (κ1) is 20.3. The molecule has 1 fully saturated rings. The lowest BCUT2D eigenvalue weighted by Gasteiger charge is -2.28. The van der Waals surface area contributed by atoms with Gasteiger partial charge in [0.15, 0.2) is 0 Å². The standard InChI is InChI=1S/C19H29BrN2O3/c1-2-25-19(24)9-14-3-5-15(6-4-14)11-21-8-7-18-16(13-23)10-17(20)12-22-18/h10,12,14-15,21,23H,2-9,11,13H2,1H3/t14-,15-. The normalized spacial score (nSPS) is 20.4. The average molecular weight is 413 g/mol. The van der Waals surface area contributed by atoms with Gasteiger partial charge < -0.3 is 15.2 Å². The maximum absolute atomic E-state index is 11.6. The third-order valence-electron chi connectivity index (χ3n) is 4.90.